The van der Waals surface area contributed by atoms with E-state index in [-0.39, 0.29) is 0 Å². The summed E-state index contributed by atoms with van der Waals surface area (Å²) >= 11 is 5.10. The van der Waals surface area contributed by atoms with Gasteiger partial charge in [-0.3, -0.25) is 5.43 Å². The molecule has 1 heterocycles. The predicted molar refractivity (Wildman–Crippen MR) is 96.4 cm³/mol. The van der Waals surface area contributed by atoms with Crippen LogP contribution in [0.4, 0.5) is 5.69 Å². The Hall–Kier alpha value is -1.79. The average Bonchev–Trinajstić information content (AvgIpc) is 2.56. The van der Waals surface area contributed by atoms with Crippen molar-refractivity contribution in [3.8, 4) is 5.75 Å². The van der Waals surface area contributed by atoms with Gasteiger partial charge in [0.2, 0.25) is 0 Å². The number of benzene rings is 2. The lowest BCUT2D eigenvalue weighted by atomic mass is 10.1. The van der Waals surface area contributed by atoms with Crippen molar-refractivity contribution in [1.82, 2.24) is 5.43 Å². The molecule has 0 amide bonds. The molecule has 0 unspecified atom stereocenters. The number of nitrogens with one attached hydrogen (secondary N) is 1. The van der Waals surface area contributed by atoms with Gasteiger partial charge in [-0.15, -0.1) is 0 Å². The maximum absolute atomic E-state index is 5.31. The van der Waals surface area contributed by atoms with Crippen LogP contribution in [0.2, 0.25) is 0 Å². The molecule has 2 aromatic carbocycles. The third-order valence-corrected chi connectivity index (χ3v) is 4.46. The van der Waals surface area contributed by atoms with Crippen molar-refractivity contribution >= 4 is 44.3 Å². The lowest BCUT2D eigenvalue weighted by Gasteiger charge is -2.15. The van der Waals surface area contributed by atoms with Gasteiger partial charge in [0.25, 0.3) is 0 Å². The molecule has 1 aliphatic rings. The van der Waals surface area contributed by atoms with Gasteiger partial charge in [-0.05, 0) is 29.8 Å². The van der Waals surface area contributed by atoms with Gasteiger partial charge in [-0.2, -0.15) is 5.10 Å². The fourth-order valence-corrected chi connectivity index (χ4v) is 3.20. The van der Waals surface area contributed by atoms with Crippen LogP contribution in [-0.4, -0.2) is 23.7 Å². The van der Waals surface area contributed by atoms with Crippen LogP contribution >= 0.6 is 27.7 Å². The second-order valence-corrected chi connectivity index (χ2v) is 6.44. The van der Waals surface area contributed by atoms with E-state index in [0.717, 1.165) is 38.1 Å². The number of halogens is 1. The lowest BCUT2D eigenvalue weighted by molar-refractivity contribution is 0.416. The van der Waals surface area contributed by atoms with Crippen molar-refractivity contribution in [2.24, 2.45) is 10.1 Å². The van der Waals surface area contributed by atoms with E-state index in [4.69, 9.17) is 4.74 Å². The monoisotopic (exact) mass is 375 g/mol. The van der Waals surface area contributed by atoms with E-state index >= 15 is 0 Å². The van der Waals surface area contributed by atoms with Crippen molar-refractivity contribution in [2.45, 2.75) is 0 Å². The Morgan fingerprint density at radius 2 is 2.09 bits per heavy atom. The van der Waals surface area contributed by atoms with E-state index in [1.54, 1.807) is 18.9 Å². The van der Waals surface area contributed by atoms with Crippen molar-refractivity contribution < 1.29 is 4.74 Å². The number of para-hydroxylation sites is 2. The Morgan fingerprint density at radius 3 is 2.82 bits per heavy atom. The smallest absolute Gasteiger partial charge is 0.182 e. The molecule has 1 aliphatic heterocycles. The highest BCUT2D eigenvalue weighted by molar-refractivity contribution is 9.10. The van der Waals surface area contributed by atoms with Gasteiger partial charge in [-0.25, -0.2) is 4.99 Å². The molecule has 0 aromatic heterocycles. The van der Waals surface area contributed by atoms with Crippen molar-refractivity contribution in [3.05, 3.63) is 58.6 Å². The Bertz CT molecular complexity index is 746. The number of rotatable bonds is 3. The number of hydrazone groups is 1. The van der Waals surface area contributed by atoms with E-state index < -0.39 is 0 Å². The van der Waals surface area contributed by atoms with Crippen LogP contribution in [0.5, 0.6) is 5.75 Å². The first-order valence-electron chi connectivity index (χ1n) is 6.69. The van der Waals surface area contributed by atoms with Gasteiger partial charge in [0.05, 0.1) is 12.8 Å². The summed E-state index contributed by atoms with van der Waals surface area (Å²) in [5, 5.41) is 5.19. The zero-order valence-corrected chi connectivity index (χ0v) is 14.3. The fraction of sp³-hybridized carbons (Fsp3) is 0.125. The van der Waals surface area contributed by atoms with Crippen molar-refractivity contribution in [2.75, 3.05) is 12.9 Å². The summed E-state index contributed by atoms with van der Waals surface area (Å²) in [7, 11) is 1.64. The normalized spacial score (nSPS) is 16.1. The zero-order chi connectivity index (χ0) is 15.4. The number of amidine groups is 1. The lowest BCUT2D eigenvalue weighted by Crippen LogP contribution is -2.25. The molecular formula is C16H14BrN3OS. The van der Waals surface area contributed by atoms with E-state index in [1.807, 2.05) is 42.5 Å². The minimum absolute atomic E-state index is 0.749. The molecule has 112 valence electrons. The number of nitrogens with zero attached hydrogens (tertiary/aromatic N) is 2. The molecule has 3 rings (SSSR count). The Morgan fingerprint density at radius 1 is 1.23 bits per heavy atom. The average molecular weight is 376 g/mol. The molecule has 0 saturated carbocycles. The van der Waals surface area contributed by atoms with Gasteiger partial charge in [0.1, 0.15) is 11.4 Å². The summed E-state index contributed by atoms with van der Waals surface area (Å²) in [6, 6.07) is 15.8. The van der Waals surface area contributed by atoms with Crippen LogP contribution in [0, 0.1) is 0 Å². The first kappa shape index (κ1) is 15.1. The largest absolute Gasteiger partial charge is 0.494 e. The molecular weight excluding hydrogens is 362 g/mol. The number of hydrogen-bond acceptors (Lipinski definition) is 4. The van der Waals surface area contributed by atoms with Crippen LogP contribution in [0.15, 0.2) is 63.1 Å². The number of aliphatic imine (C=N–C) groups is 1. The number of methoxy groups -OCH3 is 1. The Labute approximate surface area is 141 Å². The topological polar surface area (TPSA) is 46.0 Å². The molecule has 0 aliphatic carbocycles. The molecule has 0 spiro atoms. The molecule has 6 heteroatoms. The fourth-order valence-electron chi connectivity index (χ4n) is 2.02. The molecule has 0 radical (unpaired) electrons. The molecule has 1 N–H and O–H groups in total. The highest BCUT2D eigenvalue weighted by atomic mass is 79.9. The molecule has 0 bridgehead atoms. The second-order valence-electron chi connectivity index (χ2n) is 4.56. The summed E-state index contributed by atoms with van der Waals surface area (Å²) in [6.07, 6.45) is 0. The van der Waals surface area contributed by atoms with Crippen molar-refractivity contribution in [1.29, 1.82) is 0 Å². The van der Waals surface area contributed by atoms with Crippen LogP contribution in [0.25, 0.3) is 0 Å². The maximum Gasteiger partial charge on any atom is 0.182 e. The van der Waals surface area contributed by atoms with Crippen LogP contribution in [0.3, 0.4) is 0 Å². The standard InChI is InChI=1S/C16H14BrN3OS/c1-21-15-8-3-2-7-13(15)18-16-20-19-14(10-22-16)11-5-4-6-12(17)9-11/h2-9H,10H2,1H3,(H,18,20). The highest BCUT2D eigenvalue weighted by Crippen LogP contribution is 2.28. The first-order chi connectivity index (χ1) is 10.8. The summed E-state index contributed by atoms with van der Waals surface area (Å²) in [5.41, 5.74) is 5.92. The van der Waals surface area contributed by atoms with Crippen molar-refractivity contribution in [3.63, 3.8) is 0 Å². The third-order valence-electron chi connectivity index (χ3n) is 3.10. The summed E-state index contributed by atoms with van der Waals surface area (Å²) in [5.74, 6) is 1.52. The molecule has 2 aromatic rings. The number of thioether (sulfide) groups is 1. The molecule has 0 fully saturated rings. The number of ether oxygens (including phenoxy) is 1. The summed E-state index contributed by atoms with van der Waals surface area (Å²) in [4.78, 5) is 4.56. The van der Waals surface area contributed by atoms with Crippen LogP contribution in [0.1, 0.15) is 5.56 Å². The summed E-state index contributed by atoms with van der Waals surface area (Å²) < 4.78 is 6.35. The van der Waals surface area contributed by atoms with E-state index in [0.29, 0.717) is 0 Å². The molecule has 0 saturated heterocycles. The van der Waals surface area contributed by atoms with E-state index in [2.05, 4.69) is 37.5 Å². The minimum Gasteiger partial charge on any atom is -0.494 e. The highest BCUT2D eigenvalue weighted by Gasteiger charge is 2.14. The van der Waals surface area contributed by atoms with Gasteiger partial charge < -0.3 is 4.74 Å². The van der Waals surface area contributed by atoms with Crippen LogP contribution in [-0.2, 0) is 0 Å². The quantitative estimate of drug-likeness (QED) is 0.874. The van der Waals surface area contributed by atoms with Gasteiger partial charge in [0, 0.05) is 10.2 Å². The first-order valence-corrected chi connectivity index (χ1v) is 8.47. The van der Waals surface area contributed by atoms with Gasteiger partial charge in [-0.1, -0.05) is 52.0 Å². The SMILES string of the molecule is COc1ccccc1N=C1NN=C(c2cccc(Br)c2)CS1. The predicted octanol–water partition coefficient (Wildman–Crippen LogP) is 4.19. The maximum atomic E-state index is 5.31. The molecule has 0 atom stereocenters. The molecule has 22 heavy (non-hydrogen) atoms. The molecule has 4 nitrogen and oxygen atoms in total. The Balaban J connectivity index is 1.79. The third kappa shape index (κ3) is 3.51. The van der Waals surface area contributed by atoms with E-state index in [1.165, 1.54) is 0 Å². The van der Waals surface area contributed by atoms with E-state index in [9.17, 15) is 0 Å². The minimum atomic E-state index is 0.749. The van der Waals surface area contributed by atoms with Gasteiger partial charge >= 0.3 is 0 Å². The van der Waals surface area contributed by atoms with Crippen LogP contribution < -0.4 is 10.2 Å². The summed E-state index contributed by atoms with van der Waals surface area (Å²) in [6.45, 7) is 0. The second kappa shape index (κ2) is 6.98. The number of hydrogen-bond donors (Lipinski definition) is 1. The van der Waals surface area contributed by atoms with Gasteiger partial charge in [0.15, 0.2) is 5.17 Å². The Kier molecular flexibility index (Phi) is 4.80. The zero-order valence-electron chi connectivity index (χ0n) is 11.9.